The molecule has 108 valence electrons. The topological polar surface area (TPSA) is 33.1 Å². The summed E-state index contributed by atoms with van der Waals surface area (Å²) in [7, 11) is 0. The van der Waals surface area contributed by atoms with Crippen LogP contribution in [0, 0.1) is 17.5 Å². The van der Waals surface area contributed by atoms with Gasteiger partial charge in [0.15, 0.2) is 11.6 Å². The number of benzene rings is 2. The summed E-state index contributed by atoms with van der Waals surface area (Å²) in [6, 6.07) is 8.56. The molecular formula is C15H10F3NOS. The predicted octanol–water partition coefficient (Wildman–Crippen LogP) is 3.99. The molecule has 0 bridgehead atoms. The van der Waals surface area contributed by atoms with Crippen LogP contribution in [-0.4, -0.2) is 10.1 Å². The number of rotatable bonds is 3. The van der Waals surface area contributed by atoms with Crippen LogP contribution in [0.25, 0.3) is 10.2 Å². The van der Waals surface area contributed by atoms with E-state index < -0.39 is 23.6 Å². The lowest BCUT2D eigenvalue weighted by Gasteiger charge is -2.10. The SMILES string of the molecule is OC(Cc1nc2ccccc2s1)c1cc(F)c(F)cc1F. The van der Waals surface area contributed by atoms with Crippen LogP contribution >= 0.6 is 11.3 Å². The number of hydrogen-bond donors (Lipinski definition) is 1. The van der Waals surface area contributed by atoms with Crippen molar-refractivity contribution < 1.29 is 18.3 Å². The van der Waals surface area contributed by atoms with Crippen molar-refractivity contribution in [3.05, 3.63) is 64.4 Å². The highest BCUT2D eigenvalue weighted by molar-refractivity contribution is 7.18. The second-order valence-electron chi connectivity index (χ2n) is 4.58. The smallest absolute Gasteiger partial charge is 0.161 e. The quantitative estimate of drug-likeness (QED) is 0.742. The fourth-order valence-corrected chi connectivity index (χ4v) is 3.08. The Bertz CT molecular complexity index is 770. The van der Waals surface area contributed by atoms with Crippen LogP contribution in [0.4, 0.5) is 13.2 Å². The van der Waals surface area contributed by atoms with Gasteiger partial charge < -0.3 is 5.11 Å². The third-order valence-corrected chi connectivity index (χ3v) is 4.16. The number of nitrogens with zero attached hydrogens (tertiary/aromatic N) is 1. The Balaban J connectivity index is 1.89. The maximum Gasteiger partial charge on any atom is 0.161 e. The maximum absolute atomic E-state index is 13.6. The number of aliphatic hydroxyl groups excluding tert-OH is 1. The van der Waals surface area contributed by atoms with Gasteiger partial charge in [-0.05, 0) is 18.2 Å². The average Bonchev–Trinajstić information content (AvgIpc) is 2.84. The van der Waals surface area contributed by atoms with Gasteiger partial charge in [-0.25, -0.2) is 18.2 Å². The van der Waals surface area contributed by atoms with E-state index in [0.717, 1.165) is 10.2 Å². The summed E-state index contributed by atoms with van der Waals surface area (Å²) in [4.78, 5) is 4.32. The Hall–Kier alpha value is -1.92. The zero-order chi connectivity index (χ0) is 15.0. The Morgan fingerprint density at radius 2 is 1.76 bits per heavy atom. The molecule has 1 atom stereocenters. The highest BCUT2D eigenvalue weighted by atomic mass is 32.1. The van der Waals surface area contributed by atoms with E-state index in [2.05, 4.69) is 4.98 Å². The Morgan fingerprint density at radius 3 is 2.52 bits per heavy atom. The van der Waals surface area contributed by atoms with Gasteiger partial charge in [-0.15, -0.1) is 11.3 Å². The molecule has 0 radical (unpaired) electrons. The van der Waals surface area contributed by atoms with Crippen molar-refractivity contribution in [1.29, 1.82) is 0 Å². The molecule has 1 heterocycles. The zero-order valence-electron chi connectivity index (χ0n) is 10.7. The average molecular weight is 309 g/mol. The fourth-order valence-electron chi connectivity index (χ4n) is 2.08. The van der Waals surface area contributed by atoms with Gasteiger partial charge in [0, 0.05) is 18.1 Å². The summed E-state index contributed by atoms with van der Waals surface area (Å²) in [5.41, 5.74) is 0.517. The van der Waals surface area contributed by atoms with E-state index in [-0.39, 0.29) is 12.0 Å². The van der Waals surface area contributed by atoms with E-state index in [1.807, 2.05) is 24.3 Å². The van der Waals surface area contributed by atoms with Gasteiger partial charge in [-0.3, -0.25) is 0 Å². The molecule has 6 heteroatoms. The number of aromatic nitrogens is 1. The van der Waals surface area contributed by atoms with Crippen molar-refractivity contribution in [2.24, 2.45) is 0 Å². The van der Waals surface area contributed by atoms with E-state index in [0.29, 0.717) is 17.1 Å². The van der Waals surface area contributed by atoms with Crippen LogP contribution in [-0.2, 0) is 6.42 Å². The summed E-state index contributed by atoms with van der Waals surface area (Å²) in [6.45, 7) is 0. The first kappa shape index (κ1) is 14.0. The van der Waals surface area contributed by atoms with Crippen LogP contribution < -0.4 is 0 Å². The number of para-hydroxylation sites is 1. The second kappa shape index (κ2) is 5.46. The summed E-state index contributed by atoms with van der Waals surface area (Å²) in [5, 5.41) is 10.6. The van der Waals surface area contributed by atoms with Gasteiger partial charge in [-0.2, -0.15) is 0 Å². The number of thiazole rings is 1. The van der Waals surface area contributed by atoms with E-state index in [9.17, 15) is 18.3 Å². The molecule has 0 aliphatic rings. The molecule has 0 aliphatic carbocycles. The molecule has 1 aromatic heterocycles. The molecule has 0 saturated carbocycles. The van der Waals surface area contributed by atoms with E-state index in [1.54, 1.807) is 0 Å². The van der Waals surface area contributed by atoms with Gasteiger partial charge >= 0.3 is 0 Å². The molecule has 0 spiro atoms. The second-order valence-corrected chi connectivity index (χ2v) is 5.70. The lowest BCUT2D eigenvalue weighted by Crippen LogP contribution is -2.06. The van der Waals surface area contributed by atoms with Crippen LogP contribution in [0.2, 0.25) is 0 Å². The van der Waals surface area contributed by atoms with Crippen LogP contribution in [0.1, 0.15) is 16.7 Å². The minimum Gasteiger partial charge on any atom is -0.388 e. The first-order chi connectivity index (χ1) is 10.0. The van der Waals surface area contributed by atoms with Crippen molar-refractivity contribution in [3.63, 3.8) is 0 Å². The van der Waals surface area contributed by atoms with Crippen molar-refractivity contribution in [2.75, 3.05) is 0 Å². The first-order valence-electron chi connectivity index (χ1n) is 6.21. The molecule has 0 saturated heterocycles. The van der Waals surface area contributed by atoms with Crippen molar-refractivity contribution >= 4 is 21.6 Å². The van der Waals surface area contributed by atoms with Gasteiger partial charge in [0.25, 0.3) is 0 Å². The summed E-state index contributed by atoms with van der Waals surface area (Å²) >= 11 is 1.37. The number of halogens is 3. The molecule has 2 aromatic carbocycles. The molecule has 1 N–H and O–H groups in total. The zero-order valence-corrected chi connectivity index (χ0v) is 11.5. The van der Waals surface area contributed by atoms with E-state index in [4.69, 9.17) is 0 Å². The summed E-state index contributed by atoms with van der Waals surface area (Å²) < 4.78 is 40.6. The predicted molar refractivity (Wildman–Crippen MR) is 74.6 cm³/mol. The number of hydrogen-bond acceptors (Lipinski definition) is 3. The van der Waals surface area contributed by atoms with Gasteiger partial charge in [0.1, 0.15) is 5.82 Å². The van der Waals surface area contributed by atoms with Gasteiger partial charge in [0.2, 0.25) is 0 Å². The highest BCUT2D eigenvalue weighted by Gasteiger charge is 2.18. The van der Waals surface area contributed by atoms with Crippen LogP contribution in [0.3, 0.4) is 0 Å². The Labute approximate surface area is 122 Å². The summed E-state index contributed by atoms with van der Waals surface area (Å²) in [5.74, 6) is -3.43. The van der Waals surface area contributed by atoms with Crippen LogP contribution in [0.5, 0.6) is 0 Å². The molecule has 0 amide bonds. The third-order valence-electron chi connectivity index (χ3n) is 3.10. The molecular weight excluding hydrogens is 299 g/mol. The van der Waals surface area contributed by atoms with E-state index in [1.165, 1.54) is 11.3 Å². The third kappa shape index (κ3) is 2.77. The maximum atomic E-state index is 13.6. The lowest BCUT2D eigenvalue weighted by atomic mass is 10.1. The molecule has 0 fully saturated rings. The molecule has 3 rings (SSSR count). The monoisotopic (exact) mass is 309 g/mol. The summed E-state index contributed by atoms with van der Waals surface area (Å²) in [6.07, 6.45) is -1.23. The van der Waals surface area contributed by atoms with Crippen molar-refractivity contribution in [3.8, 4) is 0 Å². The molecule has 0 aliphatic heterocycles. The van der Waals surface area contributed by atoms with Crippen molar-refractivity contribution in [2.45, 2.75) is 12.5 Å². The fraction of sp³-hybridized carbons (Fsp3) is 0.133. The van der Waals surface area contributed by atoms with Crippen LogP contribution in [0.15, 0.2) is 36.4 Å². The number of fused-ring (bicyclic) bond motifs is 1. The largest absolute Gasteiger partial charge is 0.388 e. The Morgan fingerprint density at radius 1 is 1.05 bits per heavy atom. The highest BCUT2D eigenvalue weighted by Crippen LogP contribution is 2.28. The molecule has 2 nitrogen and oxygen atoms in total. The molecule has 1 unspecified atom stereocenters. The standard InChI is InChI=1S/C15H10F3NOS/c16-9-6-11(18)10(17)5-8(9)13(20)7-15-19-12-3-1-2-4-14(12)21-15/h1-6,13,20H,7H2. The molecule has 3 aromatic rings. The van der Waals surface area contributed by atoms with Crippen molar-refractivity contribution in [1.82, 2.24) is 4.98 Å². The van der Waals surface area contributed by atoms with Gasteiger partial charge in [0.05, 0.1) is 21.3 Å². The normalized spacial score (nSPS) is 12.8. The Kier molecular flexibility index (Phi) is 3.65. The minimum atomic E-state index is -1.28. The molecule has 21 heavy (non-hydrogen) atoms. The van der Waals surface area contributed by atoms with E-state index >= 15 is 0 Å². The first-order valence-corrected chi connectivity index (χ1v) is 7.03. The lowest BCUT2D eigenvalue weighted by molar-refractivity contribution is 0.172. The van der Waals surface area contributed by atoms with Gasteiger partial charge in [-0.1, -0.05) is 12.1 Å². The minimum absolute atomic E-state index is 0.0430. The number of aliphatic hydroxyl groups is 1.